The quantitative estimate of drug-likeness (QED) is 0.733. The van der Waals surface area contributed by atoms with Gasteiger partial charge in [0.15, 0.2) is 5.78 Å². The van der Waals surface area contributed by atoms with Crippen LogP contribution in [0.3, 0.4) is 0 Å². The molecule has 0 saturated carbocycles. The summed E-state index contributed by atoms with van der Waals surface area (Å²) in [4.78, 5) is 17.0. The molecule has 2 aromatic rings. The number of aromatic nitrogens is 1. The molecule has 20 heavy (non-hydrogen) atoms. The summed E-state index contributed by atoms with van der Waals surface area (Å²) in [5, 5.41) is 2.93. The van der Waals surface area contributed by atoms with Gasteiger partial charge in [-0.15, -0.1) is 11.3 Å². The first-order valence-electron chi connectivity index (χ1n) is 6.51. The van der Waals surface area contributed by atoms with Crippen LogP contribution >= 0.6 is 27.3 Å². The lowest BCUT2D eigenvalue weighted by atomic mass is 9.93. The lowest BCUT2D eigenvalue weighted by Gasteiger charge is -2.14. The zero-order valence-electron chi connectivity index (χ0n) is 12.2. The Labute approximate surface area is 132 Å². The minimum atomic E-state index is 0.0295. The van der Waals surface area contributed by atoms with E-state index in [1.165, 1.54) is 0 Å². The lowest BCUT2D eigenvalue weighted by molar-refractivity contribution is 0.0992. The first-order chi connectivity index (χ1) is 9.27. The largest absolute Gasteiger partial charge is 0.294 e. The van der Waals surface area contributed by atoms with Gasteiger partial charge in [-0.05, 0) is 19.1 Å². The molecule has 0 atom stereocenters. The van der Waals surface area contributed by atoms with Gasteiger partial charge in [0, 0.05) is 20.8 Å². The number of Topliss-reactive ketones (excluding diaryl/α,β-unsaturated/α-hetero) is 1. The number of carbonyl (C=O) groups excluding carboxylic acids is 1. The van der Waals surface area contributed by atoms with Gasteiger partial charge in [-0.1, -0.05) is 48.3 Å². The van der Waals surface area contributed by atoms with E-state index in [2.05, 4.69) is 41.7 Å². The number of nitrogens with zero attached hydrogens (tertiary/aromatic N) is 1. The Morgan fingerprint density at radius 1 is 1.35 bits per heavy atom. The van der Waals surface area contributed by atoms with Gasteiger partial charge in [-0.3, -0.25) is 4.79 Å². The number of aryl methyl sites for hydroxylation is 1. The summed E-state index contributed by atoms with van der Waals surface area (Å²) < 4.78 is 0.848. The smallest absolute Gasteiger partial charge is 0.170 e. The van der Waals surface area contributed by atoms with Gasteiger partial charge in [-0.2, -0.15) is 0 Å². The van der Waals surface area contributed by atoms with Crippen molar-refractivity contribution in [3.05, 3.63) is 49.9 Å². The Kier molecular flexibility index (Phi) is 4.45. The van der Waals surface area contributed by atoms with Gasteiger partial charge >= 0.3 is 0 Å². The van der Waals surface area contributed by atoms with Gasteiger partial charge < -0.3 is 0 Å². The number of carbonyl (C=O) groups is 1. The van der Waals surface area contributed by atoms with Gasteiger partial charge in [-0.25, -0.2) is 4.98 Å². The molecule has 0 amide bonds. The third kappa shape index (κ3) is 3.55. The molecule has 0 fully saturated rings. The van der Waals surface area contributed by atoms with Gasteiger partial charge in [0.2, 0.25) is 0 Å². The van der Waals surface area contributed by atoms with Gasteiger partial charge in [0.1, 0.15) is 5.01 Å². The van der Waals surface area contributed by atoms with E-state index in [1.807, 2.05) is 30.5 Å². The van der Waals surface area contributed by atoms with E-state index in [-0.39, 0.29) is 11.2 Å². The molecule has 4 heteroatoms. The van der Waals surface area contributed by atoms with E-state index in [4.69, 9.17) is 0 Å². The van der Waals surface area contributed by atoms with Crippen LogP contribution in [0.25, 0.3) is 0 Å². The zero-order chi connectivity index (χ0) is 14.9. The summed E-state index contributed by atoms with van der Waals surface area (Å²) >= 11 is 5.01. The molecule has 0 bridgehead atoms. The van der Waals surface area contributed by atoms with Crippen LogP contribution in [0.4, 0.5) is 0 Å². The number of hydrogen-bond donors (Lipinski definition) is 0. The summed E-state index contributed by atoms with van der Waals surface area (Å²) in [5.41, 5.74) is 2.90. The lowest BCUT2D eigenvalue weighted by Crippen LogP contribution is -2.12. The molecule has 0 N–H and O–H groups in total. The molecule has 1 heterocycles. The van der Waals surface area contributed by atoms with Crippen molar-refractivity contribution in [1.82, 2.24) is 4.98 Å². The second kappa shape index (κ2) is 5.78. The van der Waals surface area contributed by atoms with Crippen LogP contribution in [0.5, 0.6) is 0 Å². The fourth-order valence-corrected chi connectivity index (χ4v) is 3.31. The molecule has 0 unspecified atom stereocenters. The molecule has 1 aromatic carbocycles. The molecule has 2 nitrogen and oxygen atoms in total. The van der Waals surface area contributed by atoms with Crippen LogP contribution in [0.2, 0.25) is 0 Å². The topological polar surface area (TPSA) is 30.0 Å². The molecule has 2 rings (SSSR count). The van der Waals surface area contributed by atoms with Crippen molar-refractivity contribution in [2.24, 2.45) is 0 Å². The maximum atomic E-state index is 12.4. The molecule has 106 valence electrons. The molecule has 0 spiro atoms. The Morgan fingerprint density at radius 3 is 2.65 bits per heavy atom. The third-order valence-electron chi connectivity index (χ3n) is 3.05. The van der Waals surface area contributed by atoms with E-state index >= 15 is 0 Å². The number of benzene rings is 1. The molecule has 1 aromatic heterocycles. The van der Waals surface area contributed by atoms with E-state index in [0.717, 1.165) is 26.3 Å². The summed E-state index contributed by atoms with van der Waals surface area (Å²) in [6, 6.07) is 5.83. The van der Waals surface area contributed by atoms with Crippen LogP contribution in [0.15, 0.2) is 28.1 Å². The summed E-state index contributed by atoms with van der Waals surface area (Å²) in [6.07, 6.45) is 0.364. The molecular weight excluding hydrogens is 334 g/mol. The van der Waals surface area contributed by atoms with Gasteiger partial charge in [0.25, 0.3) is 0 Å². The maximum absolute atomic E-state index is 12.4. The van der Waals surface area contributed by atoms with Crippen molar-refractivity contribution in [3.8, 4) is 0 Å². The molecule has 0 aliphatic rings. The minimum absolute atomic E-state index is 0.0295. The van der Waals surface area contributed by atoms with E-state index in [0.29, 0.717) is 6.42 Å². The van der Waals surface area contributed by atoms with Crippen LogP contribution in [-0.4, -0.2) is 10.8 Å². The van der Waals surface area contributed by atoms with Crippen LogP contribution in [0, 0.1) is 6.92 Å². The van der Waals surface area contributed by atoms with Gasteiger partial charge in [0.05, 0.1) is 12.1 Å². The highest BCUT2D eigenvalue weighted by Crippen LogP contribution is 2.25. The molecule has 0 saturated heterocycles. The number of thiazole rings is 1. The fourth-order valence-electron chi connectivity index (χ4n) is 1.82. The molecular formula is C16H18BrNOS. The Balaban J connectivity index is 2.20. The van der Waals surface area contributed by atoms with Crippen LogP contribution < -0.4 is 0 Å². The summed E-state index contributed by atoms with van der Waals surface area (Å²) in [6.45, 7) is 8.38. The highest BCUT2D eigenvalue weighted by Gasteiger charge is 2.19. The number of rotatable bonds is 3. The minimum Gasteiger partial charge on any atom is -0.294 e. The van der Waals surface area contributed by atoms with Crippen molar-refractivity contribution in [2.45, 2.75) is 39.5 Å². The highest BCUT2D eigenvalue weighted by molar-refractivity contribution is 9.10. The Hall–Kier alpha value is -1.00. The normalized spacial score (nSPS) is 11.7. The van der Waals surface area contributed by atoms with Crippen molar-refractivity contribution < 1.29 is 4.79 Å². The Morgan fingerprint density at radius 2 is 2.05 bits per heavy atom. The van der Waals surface area contributed by atoms with Crippen molar-refractivity contribution in [1.29, 1.82) is 0 Å². The van der Waals surface area contributed by atoms with E-state index in [1.54, 1.807) is 11.3 Å². The molecule has 0 aliphatic carbocycles. The monoisotopic (exact) mass is 351 g/mol. The average Bonchev–Trinajstić information content (AvgIpc) is 2.80. The second-order valence-corrected chi connectivity index (χ2v) is 7.76. The van der Waals surface area contributed by atoms with Crippen molar-refractivity contribution >= 4 is 33.0 Å². The molecule has 0 radical (unpaired) electrons. The zero-order valence-corrected chi connectivity index (χ0v) is 14.6. The standard InChI is InChI=1S/C16H18BrNOS/c1-10-5-6-12(17)11(7-10)13(19)8-15-18-14(9-20-15)16(2,3)4/h5-7,9H,8H2,1-4H3. The summed E-state index contributed by atoms with van der Waals surface area (Å²) in [5.74, 6) is 0.107. The maximum Gasteiger partial charge on any atom is 0.170 e. The number of ketones is 1. The predicted molar refractivity (Wildman–Crippen MR) is 87.7 cm³/mol. The van der Waals surface area contributed by atoms with Crippen molar-refractivity contribution in [3.63, 3.8) is 0 Å². The van der Waals surface area contributed by atoms with Crippen LogP contribution in [0.1, 0.15) is 47.4 Å². The average molecular weight is 352 g/mol. The summed E-state index contributed by atoms with van der Waals surface area (Å²) in [7, 11) is 0. The Bertz CT molecular complexity index is 640. The van der Waals surface area contributed by atoms with Crippen LogP contribution in [-0.2, 0) is 11.8 Å². The van der Waals surface area contributed by atoms with Crippen molar-refractivity contribution in [2.75, 3.05) is 0 Å². The number of halogens is 1. The predicted octanol–water partition coefficient (Wildman–Crippen LogP) is 4.94. The third-order valence-corrected chi connectivity index (χ3v) is 4.59. The highest BCUT2D eigenvalue weighted by atomic mass is 79.9. The first kappa shape index (κ1) is 15.4. The second-order valence-electron chi connectivity index (χ2n) is 5.96. The SMILES string of the molecule is Cc1ccc(Br)c(C(=O)Cc2nc(C(C)(C)C)cs2)c1. The number of hydrogen-bond acceptors (Lipinski definition) is 3. The fraction of sp³-hybridized carbons (Fsp3) is 0.375. The van der Waals surface area contributed by atoms with E-state index < -0.39 is 0 Å². The van der Waals surface area contributed by atoms with E-state index in [9.17, 15) is 4.79 Å². The first-order valence-corrected chi connectivity index (χ1v) is 8.19. The molecule has 0 aliphatic heterocycles.